The van der Waals surface area contributed by atoms with Gasteiger partial charge in [0.2, 0.25) is 0 Å². The minimum Gasteiger partial charge on any atom is -0.340 e. The van der Waals surface area contributed by atoms with Crippen LogP contribution in [0.15, 0.2) is 30.9 Å². The molecular formula is C9H12Zr. The van der Waals surface area contributed by atoms with E-state index in [9.17, 15) is 0 Å². The molecule has 0 amide bonds. The van der Waals surface area contributed by atoms with Crippen molar-refractivity contribution in [3.8, 4) is 0 Å². The van der Waals surface area contributed by atoms with E-state index in [2.05, 4.69) is 25.7 Å². The van der Waals surface area contributed by atoms with Gasteiger partial charge in [-0.3, -0.25) is 6.08 Å². The van der Waals surface area contributed by atoms with Crippen molar-refractivity contribution < 1.29 is 26.2 Å². The van der Waals surface area contributed by atoms with Gasteiger partial charge in [0.1, 0.15) is 0 Å². The zero-order valence-corrected chi connectivity index (χ0v) is 8.60. The van der Waals surface area contributed by atoms with Crippen molar-refractivity contribution in [1.29, 1.82) is 0 Å². The first-order chi connectivity index (χ1) is 4.41. The summed E-state index contributed by atoms with van der Waals surface area (Å²) in [6, 6.07) is 0. The van der Waals surface area contributed by atoms with Crippen LogP contribution in [0.1, 0.15) is 12.8 Å². The van der Waals surface area contributed by atoms with Crippen molar-refractivity contribution in [3.05, 3.63) is 43.9 Å². The molecule has 0 atom stereocenters. The Labute approximate surface area is 82.8 Å². The first kappa shape index (κ1) is 12.8. The molecule has 52 valence electrons. The number of hydrogen-bond donors (Lipinski definition) is 0. The molecule has 0 saturated heterocycles. The van der Waals surface area contributed by atoms with Crippen molar-refractivity contribution in [2.75, 3.05) is 0 Å². The van der Waals surface area contributed by atoms with Crippen LogP contribution in [0.2, 0.25) is 0 Å². The molecular weight excluding hydrogens is 199 g/mol. The molecule has 0 aromatic rings. The summed E-state index contributed by atoms with van der Waals surface area (Å²) in [5.41, 5.74) is 0. The molecule has 0 spiro atoms. The van der Waals surface area contributed by atoms with E-state index in [1.54, 1.807) is 6.08 Å². The van der Waals surface area contributed by atoms with Gasteiger partial charge in [0.15, 0.2) is 0 Å². The Balaban J connectivity index is 0. The summed E-state index contributed by atoms with van der Waals surface area (Å²) in [7, 11) is 0. The fraction of sp³-hybridized carbons (Fsp3) is 0.222. The summed E-state index contributed by atoms with van der Waals surface area (Å²) in [6.07, 6.45) is 12.6. The molecule has 0 aromatic carbocycles. The Morgan fingerprint density at radius 3 is 2.40 bits per heavy atom. The third kappa shape index (κ3) is 11.0. The molecule has 1 rings (SSSR count). The van der Waals surface area contributed by atoms with Gasteiger partial charge in [0.25, 0.3) is 0 Å². The monoisotopic (exact) mass is 210 g/mol. The van der Waals surface area contributed by atoms with E-state index in [4.69, 9.17) is 0 Å². The topological polar surface area (TPSA) is 0 Å². The average molecular weight is 211 g/mol. The van der Waals surface area contributed by atoms with Crippen LogP contribution >= 0.6 is 0 Å². The molecule has 0 aromatic heterocycles. The van der Waals surface area contributed by atoms with Crippen LogP contribution in [0.25, 0.3) is 0 Å². The van der Waals surface area contributed by atoms with Crippen molar-refractivity contribution in [2.45, 2.75) is 12.8 Å². The van der Waals surface area contributed by atoms with Crippen molar-refractivity contribution in [2.24, 2.45) is 0 Å². The summed E-state index contributed by atoms with van der Waals surface area (Å²) >= 11 is 0. The molecule has 1 aliphatic carbocycles. The summed E-state index contributed by atoms with van der Waals surface area (Å²) < 4.78 is 0. The van der Waals surface area contributed by atoms with E-state index in [1.807, 2.05) is 12.2 Å². The zero-order valence-electron chi connectivity index (χ0n) is 6.14. The number of rotatable bonds is 1. The SMILES string of the molecule is C=CC[CH2-].[C-]1=CC=CC1.[Zr+2]. The van der Waals surface area contributed by atoms with E-state index in [-0.39, 0.29) is 26.2 Å². The standard InChI is InChI=1S/C5H5.C4H7.Zr/c1-2-4-5-3-1;1-3-4-2;/h1-3H,4H2;3H,1-2,4H2;/q2*-1;+2. The second-order valence-electron chi connectivity index (χ2n) is 1.58. The fourth-order valence-electron chi connectivity index (χ4n) is 0.340. The Kier molecular flexibility index (Phi) is 15.1. The van der Waals surface area contributed by atoms with Gasteiger partial charge in [0.05, 0.1) is 0 Å². The first-order valence-corrected chi connectivity index (χ1v) is 3.03. The van der Waals surface area contributed by atoms with Gasteiger partial charge in [-0.25, -0.2) is 12.2 Å². The van der Waals surface area contributed by atoms with Gasteiger partial charge in [-0.1, -0.05) is 0 Å². The molecule has 0 heterocycles. The largest absolute Gasteiger partial charge is 2.00 e. The third-order valence-corrected chi connectivity index (χ3v) is 0.790. The van der Waals surface area contributed by atoms with E-state index in [0.29, 0.717) is 0 Å². The predicted molar refractivity (Wildman–Crippen MR) is 41.7 cm³/mol. The van der Waals surface area contributed by atoms with E-state index in [0.717, 1.165) is 12.8 Å². The molecule has 0 aliphatic heterocycles. The molecule has 0 fully saturated rings. The summed E-state index contributed by atoms with van der Waals surface area (Å²) in [4.78, 5) is 0. The number of hydrogen-bond acceptors (Lipinski definition) is 0. The summed E-state index contributed by atoms with van der Waals surface area (Å²) in [6.45, 7) is 6.90. The average Bonchev–Trinajstić information content (AvgIpc) is 2.43. The van der Waals surface area contributed by atoms with Gasteiger partial charge < -0.3 is 6.92 Å². The molecule has 1 heteroatoms. The predicted octanol–water partition coefficient (Wildman–Crippen LogP) is 2.70. The fourth-order valence-corrected chi connectivity index (χ4v) is 0.340. The van der Waals surface area contributed by atoms with Gasteiger partial charge in [-0.15, -0.1) is 19.1 Å². The van der Waals surface area contributed by atoms with Crippen LogP contribution in [0, 0.1) is 13.0 Å². The Morgan fingerprint density at radius 2 is 2.30 bits per heavy atom. The van der Waals surface area contributed by atoms with Crippen LogP contribution in [-0.2, 0) is 26.2 Å². The summed E-state index contributed by atoms with van der Waals surface area (Å²) in [5.74, 6) is 0. The van der Waals surface area contributed by atoms with Gasteiger partial charge in [0, 0.05) is 0 Å². The first-order valence-electron chi connectivity index (χ1n) is 3.03. The molecule has 0 bridgehead atoms. The van der Waals surface area contributed by atoms with Crippen molar-refractivity contribution in [3.63, 3.8) is 0 Å². The Morgan fingerprint density at radius 1 is 1.70 bits per heavy atom. The minimum atomic E-state index is 0. The third-order valence-electron chi connectivity index (χ3n) is 0.790. The maximum Gasteiger partial charge on any atom is 2.00 e. The van der Waals surface area contributed by atoms with Crippen molar-refractivity contribution >= 4 is 0 Å². The van der Waals surface area contributed by atoms with Crippen LogP contribution in [0.4, 0.5) is 0 Å². The molecule has 0 radical (unpaired) electrons. The summed E-state index contributed by atoms with van der Waals surface area (Å²) in [5, 5.41) is 0. The minimum absolute atomic E-state index is 0. The second kappa shape index (κ2) is 11.8. The van der Waals surface area contributed by atoms with E-state index in [1.165, 1.54) is 0 Å². The van der Waals surface area contributed by atoms with Gasteiger partial charge in [-0.2, -0.15) is 12.5 Å². The molecule has 0 saturated carbocycles. The molecule has 0 N–H and O–H groups in total. The van der Waals surface area contributed by atoms with E-state index < -0.39 is 0 Å². The maximum absolute atomic E-state index is 3.49. The molecule has 0 nitrogen and oxygen atoms in total. The van der Waals surface area contributed by atoms with Crippen LogP contribution in [0.5, 0.6) is 0 Å². The van der Waals surface area contributed by atoms with E-state index >= 15 is 0 Å². The van der Waals surface area contributed by atoms with Gasteiger partial charge in [-0.05, 0) is 0 Å². The quantitative estimate of drug-likeness (QED) is 0.462. The van der Waals surface area contributed by atoms with Gasteiger partial charge >= 0.3 is 26.2 Å². The Hall–Kier alpha value is 0.103. The number of allylic oxidation sites excluding steroid dienone is 5. The second-order valence-corrected chi connectivity index (χ2v) is 1.58. The van der Waals surface area contributed by atoms with Crippen LogP contribution in [0.3, 0.4) is 0 Å². The van der Waals surface area contributed by atoms with Crippen LogP contribution < -0.4 is 0 Å². The Bertz CT molecular complexity index is 102. The zero-order chi connectivity index (χ0) is 6.95. The molecule has 0 unspecified atom stereocenters. The maximum atomic E-state index is 3.49. The molecule has 1 aliphatic rings. The molecule has 10 heavy (non-hydrogen) atoms. The normalized spacial score (nSPS) is 11.3. The smallest absolute Gasteiger partial charge is 0.340 e. The van der Waals surface area contributed by atoms with Crippen LogP contribution in [-0.4, -0.2) is 0 Å². The van der Waals surface area contributed by atoms with Crippen molar-refractivity contribution in [1.82, 2.24) is 0 Å².